The number of rotatable bonds is 3. The molecule has 0 unspecified atom stereocenters. The maximum absolute atomic E-state index is 5.74. The minimum atomic E-state index is 0.280. The van der Waals surface area contributed by atoms with Gasteiger partial charge >= 0.3 is 0 Å². The molecule has 0 spiro atoms. The number of hydrogen-bond donors (Lipinski definition) is 1. The lowest BCUT2D eigenvalue weighted by molar-refractivity contribution is 0.221. The van der Waals surface area contributed by atoms with Gasteiger partial charge in [-0.3, -0.25) is 0 Å². The van der Waals surface area contributed by atoms with Crippen LogP contribution in [0.25, 0.3) is 0 Å². The van der Waals surface area contributed by atoms with Crippen LogP contribution in [0, 0.1) is 0 Å². The molecule has 1 saturated heterocycles. The van der Waals surface area contributed by atoms with Gasteiger partial charge in [-0.2, -0.15) is 0 Å². The first kappa shape index (κ1) is 9.27. The lowest BCUT2D eigenvalue weighted by atomic mass is 10.3. The van der Waals surface area contributed by atoms with E-state index >= 15 is 0 Å². The number of hydrogen-bond acceptors (Lipinski definition) is 4. The summed E-state index contributed by atoms with van der Waals surface area (Å²) in [7, 11) is 1.60. The van der Waals surface area contributed by atoms with Crippen molar-refractivity contribution in [3.05, 3.63) is 18.3 Å². The maximum Gasteiger partial charge on any atom is 0.216 e. The van der Waals surface area contributed by atoms with Gasteiger partial charge in [0, 0.05) is 18.8 Å². The molecular weight excluding hydrogens is 180 g/mol. The van der Waals surface area contributed by atoms with Gasteiger partial charge in [-0.15, -0.1) is 0 Å². The Kier molecular flexibility index (Phi) is 2.84. The third kappa shape index (κ3) is 2.14. The summed E-state index contributed by atoms with van der Waals surface area (Å²) in [5, 5.41) is 3.25. The molecule has 1 N–H and O–H groups in total. The Labute approximate surface area is 83.2 Å². The van der Waals surface area contributed by atoms with Gasteiger partial charge in [0.2, 0.25) is 5.88 Å². The molecule has 1 aromatic rings. The molecule has 1 atom stereocenters. The molecule has 2 heterocycles. The molecule has 14 heavy (non-hydrogen) atoms. The highest BCUT2D eigenvalue weighted by molar-refractivity contribution is 5.26. The number of pyridine rings is 1. The Morgan fingerprint density at radius 3 is 3.21 bits per heavy atom. The lowest BCUT2D eigenvalue weighted by Crippen LogP contribution is -2.19. The van der Waals surface area contributed by atoms with Crippen LogP contribution in [-0.4, -0.2) is 31.3 Å². The van der Waals surface area contributed by atoms with E-state index in [0.29, 0.717) is 5.88 Å². The SMILES string of the molecule is COc1cc(O[C@H]2CCNC2)ccn1. The van der Waals surface area contributed by atoms with Gasteiger partial charge in [-0.25, -0.2) is 4.98 Å². The van der Waals surface area contributed by atoms with Crippen molar-refractivity contribution >= 4 is 0 Å². The molecule has 0 aliphatic carbocycles. The highest BCUT2D eigenvalue weighted by Crippen LogP contribution is 2.18. The molecule has 1 aromatic heterocycles. The van der Waals surface area contributed by atoms with Crippen molar-refractivity contribution in [1.82, 2.24) is 10.3 Å². The Bertz CT molecular complexity index is 298. The van der Waals surface area contributed by atoms with E-state index in [9.17, 15) is 0 Å². The molecule has 0 aromatic carbocycles. The van der Waals surface area contributed by atoms with Crippen LogP contribution >= 0.6 is 0 Å². The summed E-state index contributed by atoms with van der Waals surface area (Å²) in [6, 6.07) is 3.65. The molecule has 4 nitrogen and oxygen atoms in total. The molecule has 76 valence electrons. The van der Waals surface area contributed by atoms with E-state index in [1.807, 2.05) is 6.07 Å². The van der Waals surface area contributed by atoms with Crippen molar-refractivity contribution in [1.29, 1.82) is 0 Å². The normalized spacial score (nSPS) is 20.8. The van der Waals surface area contributed by atoms with Crippen LogP contribution < -0.4 is 14.8 Å². The second-order valence-corrected chi connectivity index (χ2v) is 3.27. The highest BCUT2D eigenvalue weighted by atomic mass is 16.5. The zero-order chi connectivity index (χ0) is 9.80. The zero-order valence-electron chi connectivity index (χ0n) is 8.19. The third-order valence-electron chi connectivity index (χ3n) is 2.23. The second kappa shape index (κ2) is 4.28. The summed E-state index contributed by atoms with van der Waals surface area (Å²) in [6.45, 7) is 1.96. The van der Waals surface area contributed by atoms with Gasteiger partial charge in [0.15, 0.2) is 0 Å². The molecule has 4 heteroatoms. The van der Waals surface area contributed by atoms with Crippen molar-refractivity contribution in [3.63, 3.8) is 0 Å². The average molecular weight is 194 g/mol. The summed E-state index contributed by atoms with van der Waals surface area (Å²) >= 11 is 0. The molecule has 1 fully saturated rings. The van der Waals surface area contributed by atoms with Crippen molar-refractivity contribution in [2.75, 3.05) is 20.2 Å². The lowest BCUT2D eigenvalue weighted by Gasteiger charge is -2.12. The number of ether oxygens (including phenoxy) is 2. The van der Waals surface area contributed by atoms with Gasteiger partial charge in [0.25, 0.3) is 0 Å². The topological polar surface area (TPSA) is 43.4 Å². The summed E-state index contributed by atoms with van der Waals surface area (Å²) < 4.78 is 10.7. The molecule has 0 amide bonds. The predicted molar refractivity (Wildman–Crippen MR) is 52.7 cm³/mol. The largest absolute Gasteiger partial charge is 0.489 e. The smallest absolute Gasteiger partial charge is 0.216 e. The fourth-order valence-electron chi connectivity index (χ4n) is 1.50. The number of aromatic nitrogens is 1. The van der Waals surface area contributed by atoms with E-state index in [2.05, 4.69) is 10.3 Å². The highest BCUT2D eigenvalue weighted by Gasteiger charge is 2.15. The van der Waals surface area contributed by atoms with Crippen LogP contribution in [0.5, 0.6) is 11.6 Å². The van der Waals surface area contributed by atoms with Crippen molar-refractivity contribution in [2.24, 2.45) is 0 Å². The van der Waals surface area contributed by atoms with Crippen molar-refractivity contribution < 1.29 is 9.47 Å². The first-order valence-corrected chi connectivity index (χ1v) is 4.76. The molecule has 0 radical (unpaired) electrons. The van der Waals surface area contributed by atoms with Gasteiger partial charge < -0.3 is 14.8 Å². The minimum Gasteiger partial charge on any atom is -0.489 e. The Balaban J connectivity index is 2.00. The molecule has 1 aliphatic heterocycles. The number of methoxy groups -OCH3 is 1. The summed E-state index contributed by atoms with van der Waals surface area (Å²) in [6.07, 6.45) is 3.03. The van der Waals surface area contributed by atoms with Gasteiger partial charge in [-0.1, -0.05) is 0 Å². The van der Waals surface area contributed by atoms with E-state index in [4.69, 9.17) is 9.47 Å². The zero-order valence-corrected chi connectivity index (χ0v) is 8.19. The quantitative estimate of drug-likeness (QED) is 0.774. The minimum absolute atomic E-state index is 0.280. The van der Waals surface area contributed by atoms with Gasteiger partial charge in [0.1, 0.15) is 11.9 Å². The second-order valence-electron chi connectivity index (χ2n) is 3.27. The van der Waals surface area contributed by atoms with Crippen LogP contribution in [0.2, 0.25) is 0 Å². The fourth-order valence-corrected chi connectivity index (χ4v) is 1.50. The Morgan fingerprint density at radius 1 is 1.57 bits per heavy atom. The van der Waals surface area contributed by atoms with E-state index in [1.165, 1.54) is 0 Å². The van der Waals surface area contributed by atoms with Crippen LogP contribution in [0.3, 0.4) is 0 Å². The summed E-state index contributed by atoms with van der Waals surface area (Å²) in [5.41, 5.74) is 0. The first-order valence-electron chi connectivity index (χ1n) is 4.76. The van der Waals surface area contributed by atoms with E-state index in [0.717, 1.165) is 25.3 Å². The molecule has 1 aliphatic rings. The number of nitrogens with zero attached hydrogens (tertiary/aromatic N) is 1. The predicted octanol–water partition coefficient (Wildman–Crippen LogP) is 0.831. The molecule has 2 rings (SSSR count). The van der Waals surface area contributed by atoms with Crippen LogP contribution in [0.1, 0.15) is 6.42 Å². The average Bonchev–Trinajstić information content (AvgIpc) is 2.71. The van der Waals surface area contributed by atoms with E-state index in [-0.39, 0.29) is 6.10 Å². The standard InChI is InChI=1S/C10H14N2O2/c1-13-10-6-8(3-5-12-10)14-9-2-4-11-7-9/h3,5-6,9,11H,2,4,7H2,1H3/t9-/m0/s1. The van der Waals surface area contributed by atoms with Crippen LogP contribution in [-0.2, 0) is 0 Å². The maximum atomic E-state index is 5.74. The van der Waals surface area contributed by atoms with Crippen molar-refractivity contribution in [2.45, 2.75) is 12.5 Å². The number of nitrogens with one attached hydrogen (secondary N) is 1. The molecule has 0 bridgehead atoms. The summed E-state index contributed by atoms with van der Waals surface area (Å²) in [4.78, 5) is 4.01. The fraction of sp³-hybridized carbons (Fsp3) is 0.500. The van der Waals surface area contributed by atoms with E-state index < -0.39 is 0 Å². The third-order valence-corrected chi connectivity index (χ3v) is 2.23. The van der Waals surface area contributed by atoms with E-state index in [1.54, 1.807) is 19.4 Å². The summed E-state index contributed by atoms with van der Waals surface area (Å²) in [5.74, 6) is 1.42. The van der Waals surface area contributed by atoms with Crippen LogP contribution in [0.15, 0.2) is 18.3 Å². The van der Waals surface area contributed by atoms with Gasteiger partial charge in [0.05, 0.1) is 7.11 Å². The molecule has 0 saturated carbocycles. The van der Waals surface area contributed by atoms with Gasteiger partial charge in [-0.05, 0) is 19.0 Å². The monoisotopic (exact) mass is 194 g/mol. The Hall–Kier alpha value is -1.29. The van der Waals surface area contributed by atoms with Crippen LogP contribution in [0.4, 0.5) is 0 Å². The first-order chi connectivity index (χ1) is 6.88. The molecular formula is C10H14N2O2. The van der Waals surface area contributed by atoms with Crippen molar-refractivity contribution in [3.8, 4) is 11.6 Å². The Morgan fingerprint density at radius 2 is 2.50 bits per heavy atom.